The molecule has 0 aliphatic carbocycles. The number of aryl methyl sites for hydroxylation is 1. The summed E-state index contributed by atoms with van der Waals surface area (Å²) in [6, 6.07) is 14.3. The number of carbonyl (C=O) groups is 1. The maximum Gasteiger partial charge on any atom is 0.295 e. The predicted octanol–water partition coefficient (Wildman–Crippen LogP) is 3.49. The first kappa shape index (κ1) is 16.0. The molecule has 0 atom stereocenters. The Morgan fingerprint density at radius 3 is 2.58 bits per heavy atom. The molecule has 3 aromatic rings. The first-order chi connectivity index (χ1) is 11.6. The molecular weight excluding hydrogens is 328 g/mol. The highest BCUT2D eigenvalue weighted by Gasteiger charge is 2.16. The third-order valence-electron chi connectivity index (χ3n) is 3.40. The zero-order chi connectivity index (χ0) is 17.1. The van der Waals surface area contributed by atoms with Crippen molar-refractivity contribution in [1.29, 1.82) is 0 Å². The van der Waals surface area contributed by atoms with Crippen molar-refractivity contribution in [2.45, 2.75) is 6.92 Å². The molecule has 0 fully saturated rings. The van der Waals surface area contributed by atoms with Gasteiger partial charge in [0.15, 0.2) is 0 Å². The SMILES string of the molecule is COc1ccccc1NC(=O)c1nc(C)n(-c2ccc(Cl)cc2)n1. The monoisotopic (exact) mass is 342 g/mol. The van der Waals surface area contributed by atoms with Crippen LogP contribution in [0.2, 0.25) is 5.02 Å². The molecule has 7 heteroatoms. The molecule has 0 saturated carbocycles. The summed E-state index contributed by atoms with van der Waals surface area (Å²) in [6.45, 7) is 1.78. The number of benzene rings is 2. The number of para-hydroxylation sites is 2. The van der Waals surface area contributed by atoms with E-state index >= 15 is 0 Å². The third-order valence-corrected chi connectivity index (χ3v) is 3.65. The van der Waals surface area contributed by atoms with Gasteiger partial charge in [-0.25, -0.2) is 9.67 Å². The van der Waals surface area contributed by atoms with Crippen LogP contribution in [0.4, 0.5) is 5.69 Å². The number of hydrogen-bond acceptors (Lipinski definition) is 4. The van der Waals surface area contributed by atoms with Gasteiger partial charge in [0.1, 0.15) is 11.6 Å². The first-order valence-electron chi connectivity index (χ1n) is 7.22. The fourth-order valence-corrected chi connectivity index (χ4v) is 2.37. The lowest BCUT2D eigenvalue weighted by atomic mass is 10.3. The maximum atomic E-state index is 12.4. The number of ether oxygens (including phenoxy) is 1. The van der Waals surface area contributed by atoms with E-state index in [1.165, 1.54) is 0 Å². The zero-order valence-electron chi connectivity index (χ0n) is 13.2. The molecule has 2 aromatic carbocycles. The Kier molecular flexibility index (Phi) is 4.48. The lowest BCUT2D eigenvalue weighted by Crippen LogP contribution is -2.14. The molecule has 6 nitrogen and oxygen atoms in total. The van der Waals surface area contributed by atoms with E-state index in [2.05, 4.69) is 15.4 Å². The Hall–Kier alpha value is -2.86. The summed E-state index contributed by atoms with van der Waals surface area (Å²) in [5, 5.41) is 7.66. The number of aromatic nitrogens is 3. The molecule has 0 saturated heterocycles. The highest BCUT2D eigenvalue weighted by molar-refractivity contribution is 6.30. The van der Waals surface area contributed by atoms with Crippen LogP contribution in [-0.4, -0.2) is 27.8 Å². The number of nitrogens with one attached hydrogen (secondary N) is 1. The van der Waals surface area contributed by atoms with Crippen LogP contribution in [0.5, 0.6) is 5.75 Å². The second-order valence-electron chi connectivity index (χ2n) is 5.03. The normalized spacial score (nSPS) is 10.5. The van der Waals surface area contributed by atoms with Crippen LogP contribution in [0, 0.1) is 6.92 Å². The Morgan fingerprint density at radius 2 is 1.88 bits per heavy atom. The maximum absolute atomic E-state index is 12.4. The fourth-order valence-electron chi connectivity index (χ4n) is 2.24. The average molecular weight is 343 g/mol. The lowest BCUT2D eigenvalue weighted by molar-refractivity contribution is 0.101. The van der Waals surface area contributed by atoms with Crippen LogP contribution in [0.3, 0.4) is 0 Å². The van der Waals surface area contributed by atoms with Gasteiger partial charge < -0.3 is 10.1 Å². The van der Waals surface area contributed by atoms with E-state index in [1.807, 2.05) is 24.3 Å². The largest absolute Gasteiger partial charge is 0.495 e. The highest BCUT2D eigenvalue weighted by Crippen LogP contribution is 2.23. The summed E-state index contributed by atoms with van der Waals surface area (Å²) < 4.78 is 6.81. The molecule has 122 valence electrons. The summed E-state index contributed by atoms with van der Waals surface area (Å²) >= 11 is 5.89. The van der Waals surface area contributed by atoms with Crippen molar-refractivity contribution in [2.75, 3.05) is 12.4 Å². The predicted molar refractivity (Wildman–Crippen MR) is 92.1 cm³/mol. The number of anilines is 1. The van der Waals surface area contributed by atoms with E-state index in [0.717, 1.165) is 5.69 Å². The van der Waals surface area contributed by atoms with Gasteiger partial charge in [-0.05, 0) is 43.3 Å². The van der Waals surface area contributed by atoms with Gasteiger partial charge >= 0.3 is 0 Å². The molecule has 0 spiro atoms. The van der Waals surface area contributed by atoms with Crippen LogP contribution in [-0.2, 0) is 0 Å². The van der Waals surface area contributed by atoms with Crippen molar-refractivity contribution in [3.63, 3.8) is 0 Å². The molecule has 1 aromatic heterocycles. The Morgan fingerprint density at radius 1 is 1.17 bits per heavy atom. The van der Waals surface area contributed by atoms with Gasteiger partial charge in [-0.15, -0.1) is 5.10 Å². The summed E-state index contributed by atoms with van der Waals surface area (Å²) in [6.07, 6.45) is 0. The molecule has 0 aliphatic rings. The first-order valence-corrected chi connectivity index (χ1v) is 7.60. The van der Waals surface area contributed by atoms with E-state index in [4.69, 9.17) is 16.3 Å². The standard InChI is InChI=1S/C17H15ClN4O2/c1-11-19-16(21-22(11)13-9-7-12(18)8-10-13)17(23)20-14-5-3-4-6-15(14)24-2/h3-10H,1-2H3,(H,20,23). The Bertz CT molecular complexity index is 875. The topological polar surface area (TPSA) is 69.0 Å². The quantitative estimate of drug-likeness (QED) is 0.788. The molecule has 1 heterocycles. The highest BCUT2D eigenvalue weighted by atomic mass is 35.5. The molecular formula is C17H15ClN4O2. The number of rotatable bonds is 4. The summed E-state index contributed by atoms with van der Waals surface area (Å²) in [7, 11) is 1.54. The number of nitrogens with zero attached hydrogens (tertiary/aromatic N) is 3. The van der Waals surface area contributed by atoms with Gasteiger partial charge in [-0.3, -0.25) is 4.79 Å². The van der Waals surface area contributed by atoms with Gasteiger partial charge in [-0.1, -0.05) is 23.7 Å². The van der Waals surface area contributed by atoms with Crippen LogP contribution in [0.15, 0.2) is 48.5 Å². The van der Waals surface area contributed by atoms with E-state index in [0.29, 0.717) is 22.3 Å². The number of methoxy groups -OCH3 is 1. The van der Waals surface area contributed by atoms with Crippen molar-refractivity contribution in [3.05, 3.63) is 65.2 Å². The molecule has 3 rings (SSSR count). The number of amides is 1. The van der Waals surface area contributed by atoms with Crippen LogP contribution in [0.25, 0.3) is 5.69 Å². The van der Waals surface area contributed by atoms with Crippen molar-refractivity contribution in [3.8, 4) is 11.4 Å². The summed E-state index contributed by atoms with van der Waals surface area (Å²) in [4.78, 5) is 16.6. The molecule has 0 aliphatic heterocycles. The summed E-state index contributed by atoms with van der Waals surface area (Å²) in [5.41, 5.74) is 1.34. The minimum Gasteiger partial charge on any atom is -0.495 e. The van der Waals surface area contributed by atoms with Gasteiger partial charge in [0.25, 0.3) is 5.91 Å². The van der Waals surface area contributed by atoms with E-state index < -0.39 is 5.91 Å². The van der Waals surface area contributed by atoms with Crippen LogP contribution >= 0.6 is 11.6 Å². The van der Waals surface area contributed by atoms with Crippen LogP contribution in [0.1, 0.15) is 16.4 Å². The minimum atomic E-state index is -0.407. The molecule has 1 N–H and O–H groups in total. The third kappa shape index (κ3) is 3.23. The molecule has 1 amide bonds. The van der Waals surface area contributed by atoms with Gasteiger partial charge in [-0.2, -0.15) is 0 Å². The number of carbonyl (C=O) groups excluding carboxylic acids is 1. The van der Waals surface area contributed by atoms with Crippen molar-refractivity contribution in [1.82, 2.24) is 14.8 Å². The van der Waals surface area contributed by atoms with Crippen LogP contribution < -0.4 is 10.1 Å². The van der Waals surface area contributed by atoms with Crippen molar-refractivity contribution >= 4 is 23.2 Å². The smallest absolute Gasteiger partial charge is 0.295 e. The zero-order valence-corrected chi connectivity index (χ0v) is 13.9. The Balaban J connectivity index is 1.86. The van der Waals surface area contributed by atoms with E-state index in [9.17, 15) is 4.79 Å². The minimum absolute atomic E-state index is 0.0772. The second-order valence-corrected chi connectivity index (χ2v) is 5.46. The van der Waals surface area contributed by atoms with Gasteiger partial charge in [0.05, 0.1) is 18.5 Å². The number of halogens is 1. The Labute approximate surface area is 144 Å². The van der Waals surface area contributed by atoms with Gasteiger partial charge in [0.2, 0.25) is 5.82 Å². The van der Waals surface area contributed by atoms with Gasteiger partial charge in [0, 0.05) is 5.02 Å². The molecule has 0 unspecified atom stereocenters. The summed E-state index contributed by atoms with van der Waals surface area (Å²) in [5.74, 6) is 0.839. The molecule has 0 bridgehead atoms. The lowest BCUT2D eigenvalue weighted by Gasteiger charge is -2.08. The average Bonchev–Trinajstić information content (AvgIpc) is 2.98. The second kappa shape index (κ2) is 6.72. The van der Waals surface area contributed by atoms with E-state index in [1.54, 1.807) is 43.0 Å². The number of hydrogen-bond donors (Lipinski definition) is 1. The van der Waals surface area contributed by atoms with E-state index in [-0.39, 0.29) is 5.82 Å². The molecule has 0 radical (unpaired) electrons. The van der Waals surface area contributed by atoms with Crippen molar-refractivity contribution in [2.24, 2.45) is 0 Å². The van der Waals surface area contributed by atoms with Crippen molar-refractivity contribution < 1.29 is 9.53 Å². The molecule has 24 heavy (non-hydrogen) atoms. The fraction of sp³-hybridized carbons (Fsp3) is 0.118.